The normalized spacial score (nSPS) is 10.9. The van der Waals surface area contributed by atoms with E-state index in [2.05, 4.69) is 18.2 Å². The first-order valence-corrected chi connectivity index (χ1v) is 10.2. The van der Waals surface area contributed by atoms with E-state index in [9.17, 15) is 4.79 Å². The fraction of sp³-hybridized carbons (Fsp3) is 0.0741. The van der Waals surface area contributed by atoms with Crippen LogP contribution in [0.4, 0.5) is 0 Å². The molecule has 0 atom stereocenters. The summed E-state index contributed by atoms with van der Waals surface area (Å²) in [5.41, 5.74) is 1.25. The Bertz CT molecular complexity index is 1460. The molecule has 1 heterocycles. The minimum absolute atomic E-state index is 0.0893. The van der Waals surface area contributed by atoms with Crippen LogP contribution in [0.15, 0.2) is 100 Å². The van der Waals surface area contributed by atoms with Crippen LogP contribution in [-0.2, 0) is 6.61 Å². The van der Waals surface area contributed by atoms with Crippen LogP contribution in [-0.4, -0.2) is 7.11 Å². The number of benzene rings is 4. The minimum atomic E-state index is -0.266. The average molecular weight is 424 g/mol. The van der Waals surface area contributed by atoms with Gasteiger partial charge in [0.05, 0.1) is 12.5 Å². The molecule has 1 aromatic heterocycles. The highest BCUT2D eigenvalue weighted by Gasteiger charge is 2.12. The zero-order valence-electron chi connectivity index (χ0n) is 17.4. The summed E-state index contributed by atoms with van der Waals surface area (Å²) >= 11 is 0. The smallest absolute Gasteiger partial charge is 0.235 e. The van der Waals surface area contributed by atoms with Gasteiger partial charge in [0.25, 0.3) is 0 Å². The SMILES string of the molecule is COc1ccccc1Oc1coc2cc(OCc3cccc4ccccc34)ccc2c1=O. The lowest BCUT2D eigenvalue weighted by Crippen LogP contribution is -2.05. The molecule has 0 aliphatic carbocycles. The lowest BCUT2D eigenvalue weighted by atomic mass is 10.1. The molecule has 0 amide bonds. The fourth-order valence-corrected chi connectivity index (χ4v) is 3.65. The topological polar surface area (TPSA) is 57.9 Å². The van der Waals surface area contributed by atoms with Crippen LogP contribution in [0.3, 0.4) is 0 Å². The van der Waals surface area contributed by atoms with Crippen LogP contribution in [0.2, 0.25) is 0 Å². The zero-order chi connectivity index (χ0) is 21.9. The Hall–Kier alpha value is -4.25. The van der Waals surface area contributed by atoms with E-state index in [0.717, 1.165) is 10.9 Å². The predicted molar refractivity (Wildman–Crippen MR) is 124 cm³/mol. The number of hydrogen-bond donors (Lipinski definition) is 0. The number of para-hydroxylation sites is 2. The molecule has 5 heteroatoms. The van der Waals surface area contributed by atoms with Crippen molar-refractivity contribution in [3.63, 3.8) is 0 Å². The first-order valence-electron chi connectivity index (χ1n) is 10.2. The van der Waals surface area contributed by atoms with Gasteiger partial charge in [-0.3, -0.25) is 4.79 Å². The van der Waals surface area contributed by atoms with Crippen LogP contribution < -0.4 is 19.6 Å². The van der Waals surface area contributed by atoms with Crippen molar-refractivity contribution in [2.45, 2.75) is 6.61 Å². The zero-order valence-corrected chi connectivity index (χ0v) is 17.4. The Balaban J connectivity index is 1.40. The third-order valence-electron chi connectivity index (χ3n) is 5.28. The molecule has 0 saturated carbocycles. The Kier molecular flexibility index (Phi) is 5.22. The van der Waals surface area contributed by atoms with Crippen molar-refractivity contribution in [3.8, 4) is 23.0 Å². The van der Waals surface area contributed by atoms with Crippen molar-refractivity contribution in [1.82, 2.24) is 0 Å². The highest BCUT2D eigenvalue weighted by molar-refractivity contribution is 5.85. The molecule has 32 heavy (non-hydrogen) atoms. The molecule has 0 spiro atoms. The van der Waals surface area contributed by atoms with Gasteiger partial charge >= 0.3 is 0 Å². The summed E-state index contributed by atoms with van der Waals surface area (Å²) in [5.74, 6) is 1.68. The molecule has 4 aromatic carbocycles. The van der Waals surface area contributed by atoms with E-state index in [4.69, 9.17) is 18.6 Å². The number of ether oxygens (including phenoxy) is 3. The number of methoxy groups -OCH3 is 1. The van der Waals surface area contributed by atoms with Gasteiger partial charge in [0, 0.05) is 6.07 Å². The van der Waals surface area contributed by atoms with Gasteiger partial charge < -0.3 is 18.6 Å². The van der Waals surface area contributed by atoms with Gasteiger partial charge in [-0.2, -0.15) is 0 Å². The summed E-state index contributed by atoms with van der Waals surface area (Å²) in [7, 11) is 1.55. The average Bonchev–Trinajstić information content (AvgIpc) is 2.84. The number of rotatable bonds is 6. The third-order valence-corrected chi connectivity index (χ3v) is 5.28. The van der Waals surface area contributed by atoms with E-state index >= 15 is 0 Å². The second-order valence-corrected chi connectivity index (χ2v) is 7.27. The first-order chi connectivity index (χ1) is 15.7. The van der Waals surface area contributed by atoms with Gasteiger partial charge in [0.1, 0.15) is 24.2 Å². The standard InChI is InChI=1S/C27H20O5/c1-29-23-11-4-5-12-24(23)32-26-17-31-25-15-20(13-14-22(25)27(26)28)30-16-19-9-6-8-18-7-2-3-10-21(18)19/h2-15,17H,16H2,1H3. The lowest BCUT2D eigenvalue weighted by molar-refractivity contribution is 0.307. The molecule has 0 fully saturated rings. The quantitative estimate of drug-likeness (QED) is 0.319. The number of hydrogen-bond acceptors (Lipinski definition) is 5. The number of fused-ring (bicyclic) bond motifs is 2. The molecule has 0 unspecified atom stereocenters. The molecular formula is C27H20O5. The summed E-state index contributed by atoms with van der Waals surface area (Å²) in [6.45, 7) is 0.409. The second-order valence-electron chi connectivity index (χ2n) is 7.27. The van der Waals surface area contributed by atoms with E-state index in [-0.39, 0.29) is 11.2 Å². The van der Waals surface area contributed by atoms with Crippen LogP contribution in [0.25, 0.3) is 21.7 Å². The van der Waals surface area contributed by atoms with Gasteiger partial charge in [0.15, 0.2) is 11.5 Å². The summed E-state index contributed by atoms with van der Waals surface area (Å²) in [6, 6.07) is 26.6. The van der Waals surface area contributed by atoms with Crippen LogP contribution in [0, 0.1) is 0 Å². The highest BCUT2D eigenvalue weighted by atomic mass is 16.5. The summed E-state index contributed by atoms with van der Waals surface area (Å²) in [4.78, 5) is 12.9. The van der Waals surface area contributed by atoms with E-state index in [1.165, 1.54) is 11.6 Å². The fourth-order valence-electron chi connectivity index (χ4n) is 3.65. The Labute approximate surface area is 184 Å². The third kappa shape index (κ3) is 3.76. The van der Waals surface area contributed by atoms with Crippen LogP contribution >= 0.6 is 0 Å². The molecule has 0 aliphatic heterocycles. The van der Waals surface area contributed by atoms with Gasteiger partial charge in [-0.05, 0) is 40.6 Å². The molecule has 5 nitrogen and oxygen atoms in total. The molecule has 0 bridgehead atoms. The second kappa shape index (κ2) is 8.47. The first kappa shape index (κ1) is 19.7. The van der Waals surface area contributed by atoms with Crippen LogP contribution in [0.5, 0.6) is 23.0 Å². The summed E-state index contributed by atoms with van der Waals surface area (Å²) in [6.07, 6.45) is 1.31. The van der Waals surface area contributed by atoms with Gasteiger partial charge in [-0.15, -0.1) is 0 Å². The van der Waals surface area contributed by atoms with Crippen molar-refractivity contribution in [2.75, 3.05) is 7.11 Å². The van der Waals surface area contributed by atoms with Crippen molar-refractivity contribution in [3.05, 3.63) is 107 Å². The van der Waals surface area contributed by atoms with Gasteiger partial charge in [-0.25, -0.2) is 0 Å². The van der Waals surface area contributed by atoms with E-state index in [1.807, 2.05) is 30.3 Å². The molecule has 0 N–H and O–H groups in total. The Morgan fingerprint density at radius 1 is 0.781 bits per heavy atom. The molecular weight excluding hydrogens is 404 g/mol. The Morgan fingerprint density at radius 3 is 2.44 bits per heavy atom. The van der Waals surface area contributed by atoms with Crippen molar-refractivity contribution < 1.29 is 18.6 Å². The Morgan fingerprint density at radius 2 is 1.56 bits per heavy atom. The summed E-state index contributed by atoms with van der Waals surface area (Å²) in [5, 5.41) is 2.73. The van der Waals surface area contributed by atoms with E-state index in [1.54, 1.807) is 43.5 Å². The molecule has 0 saturated heterocycles. The summed E-state index contributed by atoms with van der Waals surface area (Å²) < 4.78 is 22.7. The molecule has 158 valence electrons. The van der Waals surface area contributed by atoms with E-state index in [0.29, 0.717) is 34.8 Å². The predicted octanol–water partition coefficient (Wildman–Crippen LogP) is 6.33. The molecule has 0 radical (unpaired) electrons. The van der Waals surface area contributed by atoms with Gasteiger partial charge in [-0.1, -0.05) is 54.6 Å². The van der Waals surface area contributed by atoms with Gasteiger partial charge in [0.2, 0.25) is 11.2 Å². The lowest BCUT2D eigenvalue weighted by Gasteiger charge is -2.11. The monoisotopic (exact) mass is 424 g/mol. The maximum absolute atomic E-state index is 12.9. The molecule has 5 rings (SSSR count). The van der Waals surface area contributed by atoms with Crippen molar-refractivity contribution >= 4 is 21.7 Å². The minimum Gasteiger partial charge on any atom is -0.493 e. The van der Waals surface area contributed by atoms with Crippen molar-refractivity contribution in [2.24, 2.45) is 0 Å². The maximum atomic E-state index is 12.9. The highest BCUT2D eigenvalue weighted by Crippen LogP contribution is 2.31. The largest absolute Gasteiger partial charge is 0.493 e. The molecule has 5 aromatic rings. The maximum Gasteiger partial charge on any atom is 0.235 e. The van der Waals surface area contributed by atoms with Crippen molar-refractivity contribution in [1.29, 1.82) is 0 Å². The van der Waals surface area contributed by atoms with E-state index < -0.39 is 0 Å². The molecule has 0 aliphatic rings. The van der Waals surface area contributed by atoms with Crippen LogP contribution in [0.1, 0.15) is 5.56 Å².